The van der Waals surface area contributed by atoms with Gasteiger partial charge in [0.1, 0.15) is 12.2 Å². The molecule has 1 rings (SSSR count). The third-order valence-corrected chi connectivity index (χ3v) is 2.50. The minimum atomic E-state index is -0.423. The van der Waals surface area contributed by atoms with Crippen molar-refractivity contribution in [2.45, 2.75) is 20.4 Å². The summed E-state index contributed by atoms with van der Waals surface area (Å²) in [6, 6.07) is 0. The van der Waals surface area contributed by atoms with Gasteiger partial charge in [0.2, 0.25) is 5.91 Å². The minimum Gasteiger partial charge on any atom is -0.359 e. The van der Waals surface area contributed by atoms with Crippen molar-refractivity contribution in [3.8, 4) is 0 Å². The highest BCUT2D eigenvalue weighted by Crippen LogP contribution is 2.13. The average molecular weight is 225 g/mol. The summed E-state index contributed by atoms with van der Waals surface area (Å²) >= 11 is 0. The van der Waals surface area contributed by atoms with Crippen LogP contribution in [0.15, 0.2) is 6.33 Å². The Hall–Kier alpha value is -1.43. The molecule has 1 amide bonds. The molecule has 0 atom stereocenters. The lowest BCUT2D eigenvalue weighted by Crippen LogP contribution is -2.42. The van der Waals surface area contributed by atoms with E-state index >= 15 is 0 Å². The molecule has 1 aromatic heterocycles. The molecule has 1 aromatic rings. The maximum atomic E-state index is 11.5. The monoisotopic (exact) mass is 225 g/mol. The van der Waals surface area contributed by atoms with Crippen molar-refractivity contribution in [3.05, 3.63) is 12.2 Å². The van der Waals surface area contributed by atoms with Crippen LogP contribution < -0.4 is 10.6 Å². The second-order valence-electron chi connectivity index (χ2n) is 4.42. The van der Waals surface area contributed by atoms with Crippen molar-refractivity contribution < 1.29 is 4.79 Å². The largest absolute Gasteiger partial charge is 0.359 e. The van der Waals surface area contributed by atoms with Crippen LogP contribution in [0.3, 0.4) is 0 Å². The van der Waals surface area contributed by atoms with Crippen LogP contribution >= 0.6 is 0 Å². The number of nitrogens with one attached hydrogen (secondary N) is 2. The number of amides is 1. The Morgan fingerprint density at radius 1 is 1.56 bits per heavy atom. The summed E-state index contributed by atoms with van der Waals surface area (Å²) in [7, 11) is 3.54. The second kappa shape index (κ2) is 5.07. The van der Waals surface area contributed by atoms with Gasteiger partial charge >= 0.3 is 0 Å². The Bertz CT molecular complexity index is 358. The highest BCUT2D eigenvalue weighted by atomic mass is 16.2. The fourth-order valence-corrected chi connectivity index (χ4v) is 1.37. The number of nitrogens with zero attached hydrogens (tertiary/aromatic N) is 3. The zero-order valence-electron chi connectivity index (χ0n) is 10.2. The van der Waals surface area contributed by atoms with Gasteiger partial charge in [-0.1, -0.05) is 0 Å². The summed E-state index contributed by atoms with van der Waals surface area (Å²) in [4.78, 5) is 11.5. The number of rotatable bonds is 5. The molecule has 0 bridgehead atoms. The van der Waals surface area contributed by atoms with Crippen LogP contribution in [0, 0.1) is 5.41 Å². The predicted octanol–water partition coefficient (Wildman–Crippen LogP) is -0.323. The standard InChI is InChI=1S/C10H19N5O/c1-10(2,9(16)11-3)6-12-5-8-14-13-7-15(8)4/h7,12H,5-6H2,1-4H3,(H,11,16). The molecular weight excluding hydrogens is 206 g/mol. The number of carbonyl (C=O) groups excluding carboxylic acids is 1. The van der Waals surface area contributed by atoms with Crippen LogP contribution in [0.2, 0.25) is 0 Å². The Morgan fingerprint density at radius 2 is 2.25 bits per heavy atom. The van der Waals surface area contributed by atoms with E-state index in [1.807, 2.05) is 25.5 Å². The average Bonchev–Trinajstić information content (AvgIpc) is 2.63. The fraction of sp³-hybridized carbons (Fsp3) is 0.700. The highest BCUT2D eigenvalue weighted by molar-refractivity contribution is 5.81. The van der Waals surface area contributed by atoms with E-state index in [0.717, 1.165) is 5.82 Å². The number of carbonyl (C=O) groups is 1. The fourth-order valence-electron chi connectivity index (χ4n) is 1.37. The van der Waals surface area contributed by atoms with Crippen molar-refractivity contribution in [2.24, 2.45) is 12.5 Å². The van der Waals surface area contributed by atoms with Gasteiger partial charge < -0.3 is 15.2 Å². The molecule has 0 aliphatic rings. The van der Waals surface area contributed by atoms with E-state index in [9.17, 15) is 4.79 Å². The van der Waals surface area contributed by atoms with Crippen LogP contribution in [-0.2, 0) is 18.4 Å². The van der Waals surface area contributed by atoms with Gasteiger partial charge in [-0.05, 0) is 13.8 Å². The lowest BCUT2D eigenvalue weighted by atomic mass is 9.92. The van der Waals surface area contributed by atoms with Crippen LogP contribution in [0.4, 0.5) is 0 Å². The smallest absolute Gasteiger partial charge is 0.226 e. The van der Waals surface area contributed by atoms with Gasteiger partial charge in [-0.25, -0.2) is 0 Å². The topological polar surface area (TPSA) is 71.8 Å². The first-order chi connectivity index (χ1) is 7.47. The summed E-state index contributed by atoms with van der Waals surface area (Å²) in [6.07, 6.45) is 1.65. The predicted molar refractivity (Wildman–Crippen MR) is 60.6 cm³/mol. The van der Waals surface area contributed by atoms with Crippen LogP contribution in [0.5, 0.6) is 0 Å². The van der Waals surface area contributed by atoms with Crippen LogP contribution in [0.1, 0.15) is 19.7 Å². The summed E-state index contributed by atoms with van der Waals surface area (Å²) in [5, 5.41) is 13.6. The molecule has 0 saturated carbocycles. The third kappa shape index (κ3) is 3.03. The normalized spacial score (nSPS) is 11.5. The number of hydrogen-bond donors (Lipinski definition) is 2. The van der Waals surface area contributed by atoms with Gasteiger partial charge in [-0.15, -0.1) is 10.2 Å². The SMILES string of the molecule is CNC(=O)C(C)(C)CNCc1nncn1C. The molecule has 2 N–H and O–H groups in total. The van der Waals surface area contributed by atoms with Crippen molar-refractivity contribution in [1.29, 1.82) is 0 Å². The molecule has 90 valence electrons. The van der Waals surface area contributed by atoms with E-state index in [2.05, 4.69) is 20.8 Å². The molecule has 6 nitrogen and oxygen atoms in total. The Morgan fingerprint density at radius 3 is 2.75 bits per heavy atom. The molecule has 0 aromatic carbocycles. The van der Waals surface area contributed by atoms with Crippen molar-refractivity contribution >= 4 is 5.91 Å². The lowest BCUT2D eigenvalue weighted by Gasteiger charge is -2.22. The minimum absolute atomic E-state index is 0.0259. The quantitative estimate of drug-likeness (QED) is 0.720. The maximum Gasteiger partial charge on any atom is 0.226 e. The van der Waals surface area contributed by atoms with E-state index in [1.165, 1.54) is 0 Å². The summed E-state index contributed by atoms with van der Waals surface area (Å²) in [5.74, 6) is 0.880. The van der Waals surface area contributed by atoms with E-state index < -0.39 is 5.41 Å². The van der Waals surface area contributed by atoms with Crippen molar-refractivity contribution in [1.82, 2.24) is 25.4 Å². The zero-order chi connectivity index (χ0) is 12.2. The van der Waals surface area contributed by atoms with Gasteiger partial charge in [0.05, 0.1) is 12.0 Å². The molecular formula is C10H19N5O. The molecule has 0 spiro atoms. The first-order valence-electron chi connectivity index (χ1n) is 5.23. The molecule has 0 aliphatic carbocycles. The van der Waals surface area contributed by atoms with Crippen molar-refractivity contribution in [3.63, 3.8) is 0 Å². The molecule has 0 unspecified atom stereocenters. The number of hydrogen-bond acceptors (Lipinski definition) is 4. The molecule has 0 radical (unpaired) electrons. The Labute approximate surface area is 95.4 Å². The van der Waals surface area contributed by atoms with Gasteiger partial charge in [0, 0.05) is 20.6 Å². The van der Waals surface area contributed by atoms with Gasteiger partial charge in [0.15, 0.2) is 0 Å². The zero-order valence-corrected chi connectivity index (χ0v) is 10.2. The van der Waals surface area contributed by atoms with Gasteiger partial charge in [0.25, 0.3) is 0 Å². The van der Waals surface area contributed by atoms with E-state index in [0.29, 0.717) is 13.1 Å². The highest BCUT2D eigenvalue weighted by Gasteiger charge is 2.25. The molecule has 0 saturated heterocycles. The number of aryl methyl sites for hydroxylation is 1. The first-order valence-corrected chi connectivity index (χ1v) is 5.23. The second-order valence-corrected chi connectivity index (χ2v) is 4.42. The van der Waals surface area contributed by atoms with Crippen molar-refractivity contribution in [2.75, 3.05) is 13.6 Å². The molecule has 16 heavy (non-hydrogen) atoms. The molecule has 0 aliphatic heterocycles. The Kier molecular flexibility index (Phi) is 4.00. The van der Waals surface area contributed by atoms with E-state index in [-0.39, 0.29) is 5.91 Å². The maximum absolute atomic E-state index is 11.5. The van der Waals surface area contributed by atoms with E-state index in [1.54, 1.807) is 13.4 Å². The van der Waals surface area contributed by atoms with Gasteiger partial charge in [-0.3, -0.25) is 4.79 Å². The summed E-state index contributed by atoms with van der Waals surface area (Å²) in [6.45, 7) is 5.00. The lowest BCUT2D eigenvalue weighted by molar-refractivity contribution is -0.128. The van der Waals surface area contributed by atoms with Gasteiger partial charge in [-0.2, -0.15) is 0 Å². The first kappa shape index (κ1) is 12.6. The molecule has 1 heterocycles. The summed E-state index contributed by atoms with van der Waals surface area (Å²) < 4.78 is 1.85. The Balaban J connectivity index is 2.41. The van der Waals surface area contributed by atoms with Crippen LogP contribution in [-0.4, -0.2) is 34.3 Å². The molecule has 0 fully saturated rings. The number of aromatic nitrogens is 3. The van der Waals surface area contributed by atoms with E-state index in [4.69, 9.17) is 0 Å². The third-order valence-electron chi connectivity index (χ3n) is 2.50. The summed E-state index contributed by atoms with van der Waals surface area (Å²) in [5.41, 5.74) is -0.423. The van der Waals surface area contributed by atoms with Crippen LogP contribution in [0.25, 0.3) is 0 Å². The molecule has 6 heteroatoms.